The van der Waals surface area contributed by atoms with Gasteiger partial charge >= 0.3 is 0 Å². The van der Waals surface area contributed by atoms with E-state index in [0.717, 1.165) is 86.6 Å². The number of aryl methyl sites for hydroxylation is 1. The lowest BCUT2D eigenvalue weighted by Crippen LogP contribution is -2.39. The van der Waals surface area contributed by atoms with Crippen LogP contribution in [0.25, 0.3) is 11.0 Å². The Morgan fingerprint density at radius 3 is 2.54 bits per heavy atom. The molecule has 9 nitrogen and oxygen atoms in total. The predicted octanol–water partition coefficient (Wildman–Crippen LogP) is 5.92. The van der Waals surface area contributed by atoms with Crippen LogP contribution in [0.1, 0.15) is 47.7 Å². The van der Waals surface area contributed by atoms with Gasteiger partial charge < -0.3 is 33.5 Å². The molecular formula is C38H48FN5O4. The van der Waals surface area contributed by atoms with Crippen LogP contribution >= 0.6 is 0 Å². The van der Waals surface area contributed by atoms with Gasteiger partial charge in [-0.15, -0.1) is 0 Å². The van der Waals surface area contributed by atoms with Crippen LogP contribution in [-0.2, 0) is 16.7 Å². The molecule has 1 amide bonds. The van der Waals surface area contributed by atoms with Crippen molar-refractivity contribution in [3.63, 3.8) is 0 Å². The van der Waals surface area contributed by atoms with Gasteiger partial charge in [-0.2, -0.15) is 0 Å². The Balaban J connectivity index is 1.17. The van der Waals surface area contributed by atoms with Crippen molar-refractivity contribution < 1.29 is 23.4 Å². The first-order chi connectivity index (χ1) is 23.4. The number of nitrogens with zero attached hydrogens (tertiary/aromatic N) is 5. The van der Waals surface area contributed by atoms with Crippen LogP contribution in [0.15, 0.2) is 60.7 Å². The van der Waals surface area contributed by atoms with E-state index < -0.39 is 0 Å². The second-order valence-corrected chi connectivity index (χ2v) is 13.0. The number of benzene rings is 3. The van der Waals surface area contributed by atoms with Crippen LogP contribution in [0.4, 0.5) is 10.3 Å². The van der Waals surface area contributed by atoms with Gasteiger partial charge in [-0.1, -0.05) is 24.3 Å². The number of fused-ring (bicyclic) bond motifs is 1. The van der Waals surface area contributed by atoms with Crippen molar-refractivity contribution in [2.24, 2.45) is 0 Å². The number of amides is 1. The summed E-state index contributed by atoms with van der Waals surface area (Å²) in [5, 5.41) is 0. The molecule has 0 N–H and O–H groups in total. The van der Waals surface area contributed by atoms with Gasteiger partial charge in [-0.05, 0) is 93.7 Å². The predicted molar refractivity (Wildman–Crippen MR) is 187 cm³/mol. The Bertz CT molecular complexity index is 1710. The molecule has 2 fully saturated rings. The molecule has 6 rings (SSSR count). The Labute approximate surface area is 283 Å². The first-order valence-electron chi connectivity index (χ1n) is 17.1. The van der Waals surface area contributed by atoms with E-state index in [1.165, 1.54) is 0 Å². The number of aromatic nitrogens is 2. The summed E-state index contributed by atoms with van der Waals surface area (Å²) in [6.07, 6.45) is 2.72. The van der Waals surface area contributed by atoms with Crippen molar-refractivity contribution in [3.05, 3.63) is 83.2 Å². The van der Waals surface area contributed by atoms with E-state index in [9.17, 15) is 9.18 Å². The van der Waals surface area contributed by atoms with Gasteiger partial charge in [0.05, 0.1) is 31.9 Å². The molecule has 3 heterocycles. The molecule has 0 saturated carbocycles. The lowest BCUT2D eigenvalue weighted by molar-refractivity contribution is 0.0780. The number of rotatable bonds is 12. The summed E-state index contributed by atoms with van der Waals surface area (Å²) in [7, 11) is 3.19. The number of carbonyl (C=O) groups is 1. The molecule has 2 aliphatic heterocycles. The van der Waals surface area contributed by atoms with Gasteiger partial charge in [0.15, 0.2) is 11.5 Å². The molecule has 48 heavy (non-hydrogen) atoms. The molecule has 1 aromatic heterocycles. The SMILES string of the molecule is CCOCCn1c(N2CCCN(CCC3(c4ccc(F)cc4)CCN(C(=O)c4cc(C)c(OC)c(OC)c4)C3)CC2)nc2ccccc21. The molecule has 0 spiro atoms. The molecule has 2 saturated heterocycles. The molecule has 2 aliphatic rings. The van der Waals surface area contributed by atoms with E-state index in [1.807, 2.05) is 43.0 Å². The minimum Gasteiger partial charge on any atom is -0.493 e. The maximum Gasteiger partial charge on any atom is 0.254 e. The molecule has 10 heteroatoms. The number of ether oxygens (including phenoxy) is 3. The van der Waals surface area contributed by atoms with E-state index in [2.05, 4.69) is 32.6 Å². The lowest BCUT2D eigenvalue weighted by Gasteiger charge is -2.33. The highest BCUT2D eigenvalue weighted by Crippen LogP contribution is 2.40. The minimum atomic E-state index is -0.270. The average Bonchev–Trinajstić information content (AvgIpc) is 3.62. The molecule has 0 bridgehead atoms. The second kappa shape index (κ2) is 15.0. The van der Waals surface area contributed by atoms with Crippen molar-refractivity contribution >= 4 is 22.9 Å². The van der Waals surface area contributed by atoms with E-state index in [-0.39, 0.29) is 17.1 Å². The molecule has 1 atom stereocenters. The van der Waals surface area contributed by atoms with Crippen molar-refractivity contribution in [2.45, 2.75) is 45.1 Å². The molecule has 0 aliphatic carbocycles. The number of carbonyl (C=O) groups excluding carboxylic acids is 1. The zero-order valence-corrected chi connectivity index (χ0v) is 28.7. The quantitative estimate of drug-likeness (QED) is 0.175. The van der Waals surface area contributed by atoms with E-state index in [1.54, 1.807) is 32.4 Å². The third kappa shape index (κ3) is 7.00. The summed E-state index contributed by atoms with van der Waals surface area (Å²) in [6, 6.07) is 18.9. The number of halogens is 1. The second-order valence-electron chi connectivity index (χ2n) is 13.0. The van der Waals surface area contributed by atoms with Gasteiger partial charge in [0, 0.05) is 56.9 Å². The summed E-state index contributed by atoms with van der Waals surface area (Å²) in [6.45, 7) is 11.9. The van der Waals surface area contributed by atoms with Crippen LogP contribution in [0, 0.1) is 12.7 Å². The molecular weight excluding hydrogens is 609 g/mol. The largest absolute Gasteiger partial charge is 0.493 e. The number of anilines is 1. The number of methoxy groups -OCH3 is 2. The van der Waals surface area contributed by atoms with Crippen LogP contribution in [0.2, 0.25) is 0 Å². The van der Waals surface area contributed by atoms with Crippen molar-refractivity contribution in [3.8, 4) is 11.5 Å². The lowest BCUT2D eigenvalue weighted by atomic mass is 9.76. The summed E-state index contributed by atoms with van der Waals surface area (Å²) in [5.41, 5.74) is 4.40. The van der Waals surface area contributed by atoms with Crippen molar-refractivity contribution in [1.82, 2.24) is 19.4 Å². The fourth-order valence-electron chi connectivity index (χ4n) is 7.49. The highest BCUT2D eigenvalue weighted by atomic mass is 19.1. The monoisotopic (exact) mass is 657 g/mol. The Morgan fingerprint density at radius 1 is 0.958 bits per heavy atom. The first kappa shape index (κ1) is 33.7. The molecule has 0 radical (unpaired) electrons. The standard InChI is InChI=1S/C38H48FN5O4/c1-5-48-24-23-44-33-10-7-6-9-32(33)40-37(44)42-18-8-17-41(21-22-42)19-15-38(30-11-13-31(39)14-12-30)16-20-43(27-38)36(45)29-25-28(2)35(47-4)34(26-29)46-3/h6-7,9-14,25-26H,5,8,15-24,27H2,1-4H3. The van der Waals surface area contributed by atoms with Crippen LogP contribution < -0.4 is 14.4 Å². The topological polar surface area (TPSA) is 72.3 Å². The van der Waals surface area contributed by atoms with E-state index in [4.69, 9.17) is 19.2 Å². The molecule has 256 valence electrons. The highest BCUT2D eigenvalue weighted by Gasteiger charge is 2.42. The summed E-state index contributed by atoms with van der Waals surface area (Å²) in [5.74, 6) is 1.91. The van der Waals surface area contributed by atoms with Gasteiger partial charge in [0.2, 0.25) is 5.95 Å². The Hall–Kier alpha value is -4.15. The number of imidazole rings is 1. The van der Waals surface area contributed by atoms with E-state index >= 15 is 0 Å². The van der Waals surface area contributed by atoms with Gasteiger partial charge in [0.25, 0.3) is 5.91 Å². The Morgan fingerprint density at radius 2 is 1.77 bits per heavy atom. The maximum absolute atomic E-state index is 14.1. The summed E-state index contributed by atoms with van der Waals surface area (Å²) < 4.78 is 33.1. The summed E-state index contributed by atoms with van der Waals surface area (Å²) in [4.78, 5) is 25.8. The van der Waals surface area contributed by atoms with Crippen LogP contribution in [0.5, 0.6) is 11.5 Å². The number of para-hydroxylation sites is 2. The third-order valence-corrected chi connectivity index (χ3v) is 10.1. The smallest absolute Gasteiger partial charge is 0.254 e. The summed E-state index contributed by atoms with van der Waals surface area (Å²) >= 11 is 0. The maximum atomic E-state index is 14.1. The van der Waals surface area contributed by atoms with Crippen molar-refractivity contribution in [2.75, 3.05) is 78.1 Å². The first-order valence-corrected chi connectivity index (χ1v) is 17.1. The van der Waals surface area contributed by atoms with Gasteiger partial charge in [-0.25, -0.2) is 9.37 Å². The van der Waals surface area contributed by atoms with Gasteiger partial charge in [0.1, 0.15) is 5.82 Å². The van der Waals surface area contributed by atoms with Crippen molar-refractivity contribution in [1.29, 1.82) is 0 Å². The van der Waals surface area contributed by atoms with E-state index in [0.29, 0.717) is 43.4 Å². The minimum absolute atomic E-state index is 0.0271. The molecule has 1 unspecified atom stereocenters. The fraction of sp³-hybridized carbons (Fsp3) is 0.474. The number of hydrogen-bond donors (Lipinski definition) is 0. The Kier molecular flexibility index (Phi) is 10.5. The average molecular weight is 658 g/mol. The highest BCUT2D eigenvalue weighted by molar-refractivity contribution is 5.95. The normalized spacial score (nSPS) is 18.8. The molecule has 3 aromatic carbocycles. The van der Waals surface area contributed by atoms with Gasteiger partial charge in [-0.3, -0.25) is 4.79 Å². The fourth-order valence-corrected chi connectivity index (χ4v) is 7.49. The zero-order chi connectivity index (χ0) is 33.7. The number of hydrogen-bond acceptors (Lipinski definition) is 7. The molecule has 4 aromatic rings. The number of likely N-dealkylation sites (tertiary alicyclic amines) is 1. The van der Waals surface area contributed by atoms with Crippen LogP contribution in [-0.4, -0.2) is 98.5 Å². The third-order valence-electron chi connectivity index (χ3n) is 10.1. The van der Waals surface area contributed by atoms with Crippen LogP contribution in [0.3, 0.4) is 0 Å². The zero-order valence-electron chi connectivity index (χ0n) is 28.7.